The molecular weight excluding hydrogens is 344 g/mol. The molecule has 1 amide bonds. The van der Waals surface area contributed by atoms with Crippen molar-refractivity contribution in [2.75, 3.05) is 20.3 Å². The highest BCUT2D eigenvalue weighted by Gasteiger charge is 2.62. The van der Waals surface area contributed by atoms with Crippen molar-refractivity contribution < 1.29 is 19.0 Å². The average Bonchev–Trinajstić information content (AvgIpc) is 2.66. The minimum Gasteiger partial charge on any atom is -0.493 e. The monoisotopic (exact) mass is 378 g/mol. The van der Waals surface area contributed by atoms with Gasteiger partial charge in [0, 0.05) is 25.0 Å². The van der Waals surface area contributed by atoms with Gasteiger partial charge in [-0.05, 0) is 31.0 Å². The zero-order valence-electron chi connectivity index (χ0n) is 17.3. The molecule has 1 fully saturated rings. The van der Waals surface area contributed by atoms with Crippen molar-refractivity contribution >= 4 is 5.91 Å². The molecule has 3 N–H and O–H groups in total. The Kier molecular flexibility index (Phi) is 7.12. The summed E-state index contributed by atoms with van der Waals surface area (Å²) < 4.78 is 16.9. The standard InChI is InChI=1S/C21H34N2O4/c1-6-8-11-27-16-10-9-15(12-17(16)25-5)14-23-19(24)21(22)13-18(26-7-2)20(21,3)4/h9-10,12,18H,6-8,11,13-14,22H2,1-5H3,(H,23,24). The van der Waals surface area contributed by atoms with Crippen molar-refractivity contribution in [1.29, 1.82) is 0 Å². The molecule has 0 aromatic heterocycles. The number of hydrogen-bond acceptors (Lipinski definition) is 5. The molecule has 0 spiro atoms. The van der Waals surface area contributed by atoms with Crippen LogP contribution in [0.1, 0.15) is 52.5 Å². The zero-order valence-corrected chi connectivity index (χ0v) is 17.3. The average molecular weight is 379 g/mol. The summed E-state index contributed by atoms with van der Waals surface area (Å²) in [5, 5.41) is 2.97. The number of amides is 1. The lowest BCUT2D eigenvalue weighted by Crippen LogP contribution is -2.75. The summed E-state index contributed by atoms with van der Waals surface area (Å²) in [4.78, 5) is 12.7. The van der Waals surface area contributed by atoms with Crippen molar-refractivity contribution in [2.45, 2.75) is 65.1 Å². The van der Waals surface area contributed by atoms with Gasteiger partial charge < -0.3 is 25.3 Å². The first kappa shape index (κ1) is 21.5. The Morgan fingerprint density at radius 2 is 2.04 bits per heavy atom. The van der Waals surface area contributed by atoms with Gasteiger partial charge in [-0.15, -0.1) is 0 Å². The van der Waals surface area contributed by atoms with E-state index in [4.69, 9.17) is 19.9 Å². The maximum atomic E-state index is 12.7. The van der Waals surface area contributed by atoms with E-state index in [1.807, 2.05) is 39.0 Å². The molecular formula is C21H34N2O4. The van der Waals surface area contributed by atoms with E-state index in [2.05, 4.69) is 12.2 Å². The van der Waals surface area contributed by atoms with Crippen molar-refractivity contribution in [3.63, 3.8) is 0 Å². The predicted molar refractivity (Wildman–Crippen MR) is 106 cm³/mol. The van der Waals surface area contributed by atoms with E-state index in [0.29, 0.717) is 31.9 Å². The molecule has 0 heterocycles. The molecule has 152 valence electrons. The Morgan fingerprint density at radius 3 is 2.63 bits per heavy atom. The minimum absolute atomic E-state index is 0.0119. The number of nitrogens with one attached hydrogen (secondary N) is 1. The Bertz CT molecular complexity index is 647. The maximum absolute atomic E-state index is 12.7. The third-order valence-corrected chi connectivity index (χ3v) is 5.67. The second kappa shape index (κ2) is 8.93. The summed E-state index contributed by atoms with van der Waals surface area (Å²) >= 11 is 0. The first-order chi connectivity index (χ1) is 12.8. The Labute approximate surface area is 162 Å². The molecule has 6 nitrogen and oxygen atoms in total. The van der Waals surface area contributed by atoms with Crippen LogP contribution in [0.25, 0.3) is 0 Å². The van der Waals surface area contributed by atoms with E-state index in [0.717, 1.165) is 24.2 Å². The molecule has 2 atom stereocenters. The van der Waals surface area contributed by atoms with E-state index < -0.39 is 11.0 Å². The molecule has 27 heavy (non-hydrogen) atoms. The van der Waals surface area contributed by atoms with E-state index in [1.165, 1.54) is 0 Å². The van der Waals surface area contributed by atoms with Crippen LogP contribution in [0.3, 0.4) is 0 Å². The highest BCUT2D eigenvalue weighted by Crippen LogP contribution is 2.49. The van der Waals surface area contributed by atoms with Crippen LogP contribution in [-0.4, -0.2) is 37.9 Å². The van der Waals surface area contributed by atoms with Gasteiger partial charge in [0.2, 0.25) is 5.91 Å². The fraction of sp³-hybridized carbons (Fsp3) is 0.667. The molecule has 0 bridgehead atoms. The lowest BCUT2D eigenvalue weighted by Gasteiger charge is -2.57. The van der Waals surface area contributed by atoms with Gasteiger partial charge in [0.1, 0.15) is 5.54 Å². The number of nitrogens with two attached hydrogens (primary N) is 1. The predicted octanol–water partition coefficient (Wildman–Crippen LogP) is 3.02. The number of carbonyl (C=O) groups excluding carboxylic acids is 1. The number of hydrogen-bond donors (Lipinski definition) is 2. The lowest BCUT2D eigenvalue weighted by molar-refractivity contribution is -0.170. The molecule has 1 aromatic rings. The van der Waals surface area contributed by atoms with Crippen LogP contribution in [0, 0.1) is 5.41 Å². The van der Waals surface area contributed by atoms with Crippen molar-refractivity contribution in [3.05, 3.63) is 23.8 Å². The Balaban J connectivity index is 1.97. The van der Waals surface area contributed by atoms with Gasteiger partial charge in [-0.1, -0.05) is 33.3 Å². The minimum atomic E-state index is -0.917. The van der Waals surface area contributed by atoms with Gasteiger partial charge in [-0.25, -0.2) is 0 Å². The van der Waals surface area contributed by atoms with Gasteiger partial charge >= 0.3 is 0 Å². The number of unbranched alkanes of at least 4 members (excludes halogenated alkanes) is 1. The fourth-order valence-electron chi connectivity index (χ4n) is 3.43. The second-order valence-corrected chi connectivity index (χ2v) is 7.71. The van der Waals surface area contributed by atoms with Crippen LogP contribution in [-0.2, 0) is 16.1 Å². The number of benzene rings is 1. The van der Waals surface area contributed by atoms with Crippen molar-refractivity contribution in [1.82, 2.24) is 5.32 Å². The molecule has 0 radical (unpaired) electrons. The van der Waals surface area contributed by atoms with Gasteiger partial charge in [0.05, 0.1) is 19.8 Å². The van der Waals surface area contributed by atoms with Crippen LogP contribution in [0.4, 0.5) is 0 Å². The van der Waals surface area contributed by atoms with Crippen LogP contribution in [0.15, 0.2) is 18.2 Å². The topological polar surface area (TPSA) is 82.8 Å². The van der Waals surface area contributed by atoms with E-state index in [-0.39, 0.29) is 12.0 Å². The molecule has 1 aliphatic rings. The summed E-state index contributed by atoms with van der Waals surface area (Å²) in [6.07, 6.45) is 2.62. The highest BCUT2D eigenvalue weighted by molar-refractivity contribution is 5.88. The summed E-state index contributed by atoms with van der Waals surface area (Å²) in [5.41, 5.74) is 6.04. The van der Waals surface area contributed by atoms with Gasteiger partial charge in [0.15, 0.2) is 11.5 Å². The molecule has 0 aliphatic heterocycles. The quantitative estimate of drug-likeness (QED) is 0.612. The van der Waals surface area contributed by atoms with Crippen LogP contribution in [0.2, 0.25) is 0 Å². The van der Waals surface area contributed by atoms with Gasteiger partial charge in [0.25, 0.3) is 0 Å². The first-order valence-electron chi connectivity index (χ1n) is 9.78. The SMILES string of the molecule is CCCCOc1ccc(CNC(=O)C2(N)CC(OCC)C2(C)C)cc1OC. The number of methoxy groups -OCH3 is 1. The second-order valence-electron chi connectivity index (χ2n) is 7.71. The summed E-state index contributed by atoms with van der Waals surface area (Å²) in [6.45, 7) is 9.72. The molecule has 2 unspecified atom stereocenters. The molecule has 1 aromatic carbocycles. The number of ether oxygens (including phenoxy) is 3. The van der Waals surface area contributed by atoms with E-state index in [1.54, 1.807) is 7.11 Å². The fourth-order valence-corrected chi connectivity index (χ4v) is 3.43. The number of carbonyl (C=O) groups is 1. The zero-order chi connectivity index (χ0) is 20.1. The van der Waals surface area contributed by atoms with Gasteiger partial charge in [-0.3, -0.25) is 4.79 Å². The molecule has 1 aliphatic carbocycles. The largest absolute Gasteiger partial charge is 0.493 e. The van der Waals surface area contributed by atoms with Crippen molar-refractivity contribution in [2.24, 2.45) is 11.1 Å². The summed E-state index contributed by atoms with van der Waals surface area (Å²) in [5.74, 6) is 1.24. The maximum Gasteiger partial charge on any atom is 0.241 e. The summed E-state index contributed by atoms with van der Waals surface area (Å²) in [7, 11) is 1.62. The van der Waals surface area contributed by atoms with E-state index >= 15 is 0 Å². The molecule has 2 rings (SSSR count). The number of rotatable bonds is 10. The Hall–Kier alpha value is -1.79. The Morgan fingerprint density at radius 1 is 1.30 bits per heavy atom. The van der Waals surface area contributed by atoms with Gasteiger partial charge in [-0.2, -0.15) is 0 Å². The summed E-state index contributed by atoms with van der Waals surface area (Å²) in [6, 6.07) is 5.70. The van der Waals surface area contributed by atoms with E-state index in [9.17, 15) is 4.79 Å². The molecule has 0 saturated heterocycles. The highest BCUT2D eigenvalue weighted by atomic mass is 16.5. The van der Waals surface area contributed by atoms with Crippen LogP contribution in [0.5, 0.6) is 11.5 Å². The normalized spacial score (nSPS) is 23.4. The molecule has 6 heteroatoms. The first-order valence-corrected chi connectivity index (χ1v) is 9.78. The van der Waals surface area contributed by atoms with Crippen LogP contribution < -0.4 is 20.5 Å². The molecule has 1 saturated carbocycles. The van der Waals surface area contributed by atoms with Crippen molar-refractivity contribution in [3.8, 4) is 11.5 Å². The lowest BCUT2D eigenvalue weighted by atomic mass is 9.54. The third kappa shape index (κ3) is 4.38. The van der Waals surface area contributed by atoms with Crippen LogP contribution >= 0.6 is 0 Å². The third-order valence-electron chi connectivity index (χ3n) is 5.67. The smallest absolute Gasteiger partial charge is 0.241 e.